The molecule has 2 aromatic rings. The van der Waals surface area contributed by atoms with Crippen molar-refractivity contribution in [2.45, 2.75) is 27.2 Å². The van der Waals surface area contributed by atoms with Crippen LogP contribution < -0.4 is 25.0 Å². The van der Waals surface area contributed by atoms with Crippen LogP contribution in [0, 0.1) is 13.8 Å². The lowest BCUT2D eigenvalue weighted by atomic mass is 10.1. The van der Waals surface area contributed by atoms with E-state index in [1.165, 1.54) is 31.3 Å². The fourth-order valence-corrected chi connectivity index (χ4v) is 3.84. The number of benzene rings is 2. The predicted octanol–water partition coefficient (Wildman–Crippen LogP) is 4.21. The van der Waals surface area contributed by atoms with Crippen LogP contribution in [0.25, 0.3) is 0 Å². The van der Waals surface area contributed by atoms with Crippen LogP contribution in [0.15, 0.2) is 36.0 Å². The Hall–Kier alpha value is -3.72. The van der Waals surface area contributed by atoms with Crippen molar-refractivity contribution >= 4 is 46.4 Å². The van der Waals surface area contributed by atoms with Crippen molar-refractivity contribution in [3.05, 3.63) is 52.2 Å². The largest absolute Gasteiger partial charge is 0.495 e. The van der Waals surface area contributed by atoms with E-state index in [0.717, 1.165) is 11.1 Å². The van der Waals surface area contributed by atoms with Gasteiger partial charge in [-0.25, -0.2) is 0 Å². The SMILES string of the molecule is CCOC(=O)CC1=CC(=O)N(CC(=O)Nc2cc(Cl)c(OC)cc2OC)c2cc(C)c(C)cc2N1. The molecule has 2 amide bonds. The third-order valence-corrected chi connectivity index (χ3v) is 5.75. The van der Waals surface area contributed by atoms with Gasteiger partial charge in [-0.1, -0.05) is 11.6 Å². The van der Waals surface area contributed by atoms with Crippen LogP contribution in [-0.4, -0.2) is 45.2 Å². The average molecular weight is 502 g/mol. The second-order valence-corrected chi connectivity index (χ2v) is 8.30. The maximum absolute atomic E-state index is 13.2. The van der Waals surface area contributed by atoms with Crippen molar-refractivity contribution in [2.24, 2.45) is 0 Å². The molecule has 0 saturated carbocycles. The van der Waals surface area contributed by atoms with Crippen molar-refractivity contribution in [2.75, 3.05) is 42.9 Å². The molecule has 10 heteroatoms. The van der Waals surface area contributed by atoms with Crippen molar-refractivity contribution in [1.29, 1.82) is 0 Å². The van der Waals surface area contributed by atoms with Gasteiger partial charge in [0.25, 0.3) is 5.91 Å². The van der Waals surface area contributed by atoms with Gasteiger partial charge >= 0.3 is 5.97 Å². The number of rotatable bonds is 8. The summed E-state index contributed by atoms with van der Waals surface area (Å²) in [6.07, 6.45) is 1.20. The van der Waals surface area contributed by atoms with Crippen LogP contribution in [0.5, 0.6) is 11.5 Å². The Balaban J connectivity index is 1.92. The first kappa shape index (κ1) is 25.9. The summed E-state index contributed by atoms with van der Waals surface area (Å²) in [5.41, 5.74) is 3.77. The standard InChI is InChI=1S/C25H28ClN3O6/c1-6-35-25(32)10-16-9-24(31)29(20-8-15(3)14(2)7-18(20)27-16)13-23(30)28-19-11-17(26)21(33-4)12-22(19)34-5/h7-9,11-12,27H,6,10,13H2,1-5H3,(H,28,30). The van der Waals surface area contributed by atoms with E-state index in [1.54, 1.807) is 13.0 Å². The fraction of sp³-hybridized carbons (Fsp3) is 0.320. The first-order valence-corrected chi connectivity index (χ1v) is 11.3. The molecular formula is C25H28ClN3O6. The van der Waals surface area contributed by atoms with Gasteiger partial charge in [0.15, 0.2) is 0 Å². The molecule has 0 aliphatic carbocycles. The molecule has 9 nitrogen and oxygen atoms in total. The lowest BCUT2D eigenvalue weighted by Gasteiger charge is -2.23. The Bertz CT molecular complexity index is 1190. The van der Waals surface area contributed by atoms with Gasteiger partial charge in [-0.2, -0.15) is 0 Å². The summed E-state index contributed by atoms with van der Waals surface area (Å²) in [4.78, 5) is 39.6. The van der Waals surface area contributed by atoms with Crippen LogP contribution in [0.2, 0.25) is 5.02 Å². The number of hydrogen-bond donors (Lipinski definition) is 2. The van der Waals surface area contributed by atoms with Gasteiger partial charge in [0.2, 0.25) is 5.91 Å². The highest BCUT2D eigenvalue weighted by atomic mass is 35.5. The molecule has 0 saturated heterocycles. The summed E-state index contributed by atoms with van der Waals surface area (Å²) in [5, 5.41) is 6.19. The summed E-state index contributed by atoms with van der Waals surface area (Å²) in [6, 6.07) is 6.78. The van der Waals surface area contributed by atoms with E-state index >= 15 is 0 Å². The number of nitrogens with zero attached hydrogens (tertiary/aromatic N) is 1. The maximum atomic E-state index is 13.2. The van der Waals surface area contributed by atoms with E-state index in [4.69, 9.17) is 25.8 Å². The molecular weight excluding hydrogens is 474 g/mol. The van der Waals surface area contributed by atoms with E-state index in [-0.39, 0.29) is 19.6 Å². The summed E-state index contributed by atoms with van der Waals surface area (Å²) < 4.78 is 15.5. The van der Waals surface area contributed by atoms with Crippen LogP contribution in [0.1, 0.15) is 24.5 Å². The number of nitrogens with one attached hydrogen (secondary N) is 2. The molecule has 3 rings (SSSR count). The number of carbonyl (C=O) groups is 3. The summed E-state index contributed by atoms with van der Waals surface area (Å²) in [5.74, 6) is -0.627. The highest BCUT2D eigenvalue weighted by molar-refractivity contribution is 6.32. The number of carbonyl (C=O) groups excluding carboxylic acids is 3. The number of anilines is 3. The zero-order chi connectivity index (χ0) is 25.7. The molecule has 0 aromatic heterocycles. The topological polar surface area (TPSA) is 106 Å². The molecule has 0 unspecified atom stereocenters. The molecule has 0 spiro atoms. The van der Waals surface area contributed by atoms with Gasteiger partial charge in [0.1, 0.15) is 18.0 Å². The van der Waals surface area contributed by atoms with Gasteiger partial charge in [-0.15, -0.1) is 0 Å². The molecule has 1 heterocycles. The smallest absolute Gasteiger partial charge is 0.311 e. The minimum Gasteiger partial charge on any atom is -0.495 e. The molecule has 186 valence electrons. The van der Waals surface area contributed by atoms with Crippen molar-refractivity contribution < 1.29 is 28.6 Å². The van der Waals surface area contributed by atoms with Gasteiger partial charge in [0.05, 0.1) is 49.3 Å². The summed E-state index contributed by atoms with van der Waals surface area (Å²) in [6.45, 7) is 5.52. The number of fused-ring (bicyclic) bond motifs is 1. The zero-order valence-electron chi connectivity index (χ0n) is 20.3. The number of esters is 1. The minimum atomic E-state index is -0.468. The van der Waals surface area contributed by atoms with Crippen molar-refractivity contribution in [3.8, 4) is 11.5 Å². The van der Waals surface area contributed by atoms with E-state index in [2.05, 4.69) is 10.6 Å². The maximum Gasteiger partial charge on any atom is 0.311 e. The molecule has 0 radical (unpaired) electrons. The van der Waals surface area contributed by atoms with E-state index in [9.17, 15) is 14.4 Å². The van der Waals surface area contributed by atoms with E-state index in [0.29, 0.717) is 39.3 Å². The van der Waals surface area contributed by atoms with Crippen LogP contribution in [-0.2, 0) is 19.1 Å². The number of aryl methyl sites for hydroxylation is 2. The Morgan fingerprint density at radius 3 is 2.40 bits per heavy atom. The lowest BCUT2D eigenvalue weighted by molar-refractivity contribution is -0.142. The molecule has 1 aliphatic heterocycles. The number of halogens is 1. The Morgan fingerprint density at radius 1 is 1.06 bits per heavy atom. The second-order valence-electron chi connectivity index (χ2n) is 7.89. The first-order chi connectivity index (χ1) is 16.7. The molecule has 0 atom stereocenters. The Morgan fingerprint density at radius 2 is 1.74 bits per heavy atom. The first-order valence-electron chi connectivity index (χ1n) is 10.9. The number of ether oxygens (including phenoxy) is 3. The Kier molecular flexibility index (Phi) is 8.24. The third-order valence-electron chi connectivity index (χ3n) is 5.45. The monoisotopic (exact) mass is 501 g/mol. The highest BCUT2D eigenvalue weighted by Gasteiger charge is 2.26. The fourth-order valence-electron chi connectivity index (χ4n) is 3.60. The van der Waals surface area contributed by atoms with Gasteiger partial charge in [0, 0.05) is 17.8 Å². The highest BCUT2D eigenvalue weighted by Crippen LogP contribution is 2.37. The van der Waals surface area contributed by atoms with Gasteiger partial charge in [-0.05, 0) is 50.1 Å². The average Bonchev–Trinajstić information content (AvgIpc) is 2.90. The van der Waals surface area contributed by atoms with E-state index < -0.39 is 17.8 Å². The zero-order valence-corrected chi connectivity index (χ0v) is 21.0. The molecule has 35 heavy (non-hydrogen) atoms. The van der Waals surface area contributed by atoms with Crippen LogP contribution in [0.3, 0.4) is 0 Å². The minimum absolute atomic E-state index is 0.104. The normalized spacial score (nSPS) is 12.7. The summed E-state index contributed by atoms with van der Waals surface area (Å²) >= 11 is 6.21. The van der Waals surface area contributed by atoms with Crippen LogP contribution >= 0.6 is 11.6 Å². The Labute approximate surface area is 209 Å². The molecule has 0 bridgehead atoms. The van der Waals surface area contributed by atoms with Crippen LogP contribution in [0.4, 0.5) is 17.1 Å². The molecule has 1 aliphatic rings. The molecule has 0 fully saturated rings. The van der Waals surface area contributed by atoms with Gasteiger partial charge in [-0.3, -0.25) is 19.3 Å². The van der Waals surface area contributed by atoms with E-state index in [1.807, 2.05) is 26.0 Å². The van der Waals surface area contributed by atoms with Crippen molar-refractivity contribution in [3.63, 3.8) is 0 Å². The number of amides is 2. The quantitative estimate of drug-likeness (QED) is 0.522. The van der Waals surface area contributed by atoms with Crippen molar-refractivity contribution in [1.82, 2.24) is 0 Å². The molecule has 2 N–H and O–H groups in total. The van der Waals surface area contributed by atoms with Gasteiger partial charge < -0.3 is 24.8 Å². The number of methoxy groups -OCH3 is 2. The second kappa shape index (κ2) is 11.1. The third kappa shape index (κ3) is 6.05. The number of hydrogen-bond acceptors (Lipinski definition) is 7. The molecule has 2 aromatic carbocycles. The summed E-state index contributed by atoms with van der Waals surface area (Å²) in [7, 11) is 2.93. The predicted molar refractivity (Wildman–Crippen MR) is 134 cm³/mol. The lowest BCUT2D eigenvalue weighted by Crippen LogP contribution is -2.37.